The summed E-state index contributed by atoms with van der Waals surface area (Å²) in [7, 11) is 2.76. The first kappa shape index (κ1) is 21.4. The molecule has 0 radical (unpaired) electrons. The minimum atomic E-state index is -1.25. The fourth-order valence-corrected chi connectivity index (χ4v) is 2.51. The number of carbonyl (C=O) groups excluding carboxylic acids is 3. The van der Waals surface area contributed by atoms with Gasteiger partial charge in [0.2, 0.25) is 5.91 Å². The maximum absolute atomic E-state index is 12.6. The second kappa shape index (κ2) is 9.19. The standard InChI is InChI=1S/C18H27N3O5/c1-18(2,3)13(16(23)21(4)25-5)14(15(19)22)20-17(24)26-11-12-9-7-6-8-10-12/h6-10,13-14H,11H2,1-5H3,(H2,19,22)(H,20,24). The Labute approximate surface area is 153 Å². The van der Waals surface area contributed by atoms with E-state index in [0.717, 1.165) is 10.6 Å². The van der Waals surface area contributed by atoms with Crippen molar-refractivity contribution in [3.8, 4) is 0 Å². The molecule has 8 nitrogen and oxygen atoms in total. The van der Waals surface area contributed by atoms with E-state index in [-0.39, 0.29) is 6.61 Å². The molecule has 0 aliphatic heterocycles. The van der Waals surface area contributed by atoms with E-state index in [1.807, 2.05) is 18.2 Å². The molecule has 0 aliphatic carbocycles. The number of hydrogen-bond donors (Lipinski definition) is 2. The largest absolute Gasteiger partial charge is 0.445 e. The van der Waals surface area contributed by atoms with Gasteiger partial charge in [0.05, 0.1) is 13.0 Å². The highest BCUT2D eigenvalue weighted by atomic mass is 16.7. The van der Waals surface area contributed by atoms with Crippen molar-refractivity contribution >= 4 is 17.9 Å². The van der Waals surface area contributed by atoms with Crippen LogP contribution in [0.3, 0.4) is 0 Å². The van der Waals surface area contributed by atoms with Gasteiger partial charge >= 0.3 is 6.09 Å². The van der Waals surface area contributed by atoms with E-state index in [9.17, 15) is 14.4 Å². The van der Waals surface area contributed by atoms with Crippen LogP contribution in [0.25, 0.3) is 0 Å². The van der Waals surface area contributed by atoms with Gasteiger partial charge in [0.15, 0.2) is 0 Å². The summed E-state index contributed by atoms with van der Waals surface area (Å²) in [4.78, 5) is 41.6. The van der Waals surface area contributed by atoms with Crippen molar-refractivity contribution in [2.45, 2.75) is 33.4 Å². The fraction of sp³-hybridized carbons (Fsp3) is 0.500. The number of amides is 3. The predicted octanol–water partition coefficient (Wildman–Crippen LogP) is 1.45. The number of primary amides is 1. The Kier molecular flexibility index (Phi) is 7.57. The number of ether oxygens (including phenoxy) is 1. The number of benzene rings is 1. The Morgan fingerprint density at radius 3 is 2.23 bits per heavy atom. The predicted molar refractivity (Wildman–Crippen MR) is 95.5 cm³/mol. The van der Waals surface area contributed by atoms with Crippen molar-refractivity contribution < 1.29 is 24.0 Å². The van der Waals surface area contributed by atoms with E-state index in [2.05, 4.69) is 5.32 Å². The van der Waals surface area contributed by atoms with Crippen LogP contribution in [0.15, 0.2) is 30.3 Å². The highest BCUT2D eigenvalue weighted by molar-refractivity contribution is 5.91. The Morgan fingerprint density at radius 1 is 1.19 bits per heavy atom. The first-order valence-corrected chi connectivity index (χ1v) is 8.16. The van der Waals surface area contributed by atoms with E-state index in [4.69, 9.17) is 15.3 Å². The average Bonchev–Trinajstić information content (AvgIpc) is 2.58. The van der Waals surface area contributed by atoms with Crippen molar-refractivity contribution in [2.24, 2.45) is 17.1 Å². The van der Waals surface area contributed by atoms with E-state index >= 15 is 0 Å². The summed E-state index contributed by atoms with van der Waals surface area (Å²) >= 11 is 0. The Morgan fingerprint density at radius 2 is 1.77 bits per heavy atom. The summed E-state index contributed by atoms with van der Waals surface area (Å²) in [6.45, 7) is 5.34. The third-order valence-corrected chi connectivity index (χ3v) is 3.91. The normalized spacial score (nSPS) is 13.4. The maximum atomic E-state index is 12.6. The van der Waals surface area contributed by atoms with Crippen LogP contribution in [0.5, 0.6) is 0 Å². The molecule has 0 bridgehead atoms. The first-order valence-electron chi connectivity index (χ1n) is 8.16. The topological polar surface area (TPSA) is 111 Å². The number of rotatable bonds is 7. The minimum absolute atomic E-state index is 0.0320. The summed E-state index contributed by atoms with van der Waals surface area (Å²) < 4.78 is 5.12. The van der Waals surface area contributed by atoms with Gasteiger partial charge in [-0.25, -0.2) is 9.86 Å². The van der Waals surface area contributed by atoms with E-state index in [1.54, 1.807) is 32.9 Å². The molecule has 3 amide bonds. The van der Waals surface area contributed by atoms with Gasteiger partial charge in [-0.3, -0.25) is 14.4 Å². The molecular formula is C18H27N3O5. The first-order chi connectivity index (χ1) is 12.1. The van der Waals surface area contributed by atoms with Gasteiger partial charge < -0.3 is 15.8 Å². The van der Waals surface area contributed by atoms with Crippen molar-refractivity contribution in [3.05, 3.63) is 35.9 Å². The van der Waals surface area contributed by atoms with Crippen LogP contribution in [0.2, 0.25) is 0 Å². The molecule has 0 heterocycles. The third-order valence-electron chi connectivity index (χ3n) is 3.91. The summed E-state index contributed by atoms with van der Waals surface area (Å²) in [6.07, 6.45) is -0.834. The number of carbonyl (C=O) groups is 3. The molecule has 0 aromatic heterocycles. The zero-order valence-corrected chi connectivity index (χ0v) is 15.8. The molecular weight excluding hydrogens is 338 g/mol. The molecule has 3 N–H and O–H groups in total. The second-order valence-corrected chi connectivity index (χ2v) is 6.95. The number of alkyl carbamates (subject to hydrolysis) is 1. The monoisotopic (exact) mass is 365 g/mol. The molecule has 0 aliphatic rings. The van der Waals surface area contributed by atoms with Crippen molar-refractivity contribution in [3.63, 3.8) is 0 Å². The van der Waals surface area contributed by atoms with Gasteiger partial charge in [-0.05, 0) is 11.0 Å². The second-order valence-electron chi connectivity index (χ2n) is 6.95. The Balaban J connectivity index is 2.91. The van der Waals surface area contributed by atoms with Gasteiger partial charge in [0, 0.05) is 7.05 Å². The molecule has 144 valence electrons. The van der Waals surface area contributed by atoms with Crippen LogP contribution >= 0.6 is 0 Å². The Bertz CT molecular complexity index is 627. The van der Waals surface area contributed by atoms with Crippen LogP contribution in [0.4, 0.5) is 4.79 Å². The van der Waals surface area contributed by atoms with E-state index in [0.29, 0.717) is 0 Å². The van der Waals surface area contributed by atoms with Gasteiger partial charge in [0.25, 0.3) is 5.91 Å². The van der Waals surface area contributed by atoms with Crippen LogP contribution in [0, 0.1) is 11.3 Å². The molecule has 2 unspecified atom stereocenters. The van der Waals surface area contributed by atoms with E-state index in [1.165, 1.54) is 14.2 Å². The summed E-state index contributed by atoms with van der Waals surface area (Å²) in [6, 6.07) is 7.83. The minimum Gasteiger partial charge on any atom is -0.445 e. The molecule has 0 spiro atoms. The lowest BCUT2D eigenvalue weighted by molar-refractivity contribution is -0.179. The summed E-state index contributed by atoms with van der Waals surface area (Å²) in [5.41, 5.74) is 5.57. The number of nitrogens with two attached hydrogens (primary N) is 1. The highest BCUT2D eigenvalue weighted by Gasteiger charge is 2.43. The third kappa shape index (κ3) is 6.03. The van der Waals surface area contributed by atoms with Crippen LogP contribution in [-0.4, -0.2) is 43.2 Å². The van der Waals surface area contributed by atoms with Gasteiger partial charge in [-0.2, -0.15) is 0 Å². The van der Waals surface area contributed by atoms with Crippen molar-refractivity contribution in [1.29, 1.82) is 0 Å². The van der Waals surface area contributed by atoms with Crippen LogP contribution in [-0.2, 0) is 25.8 Å². The highest BCUT2D eigenvalue weighted by Crippen LogP contribution is 2.30. The quantitative estimate of drug-likeness (QED) is 0.711. The zero-order chi connectivity index (χ0) is 19.9. The van der Waals surface area contributed by atoms with Gasteiger partial charge in [-0.1, -0.05) is 51.1 Å². The average molecular weight is 365 g/mol. The van der Waals surface area contributed by atoms with Crippen molar-refractivity contribution in [2.75, 3.05) is 14.2 Å². The fourth-order valence-electron chi connectivity index (χ4n) is 2.51. The molecule has 1 aromatic rings. The van der Waals surface area contributed by atoms with Crippen LogP contribution < -0.4 is 11.1 Å². The lowest BCUT2D eigenvalue weighted by Gasteiger charge is -2.36. The number of hydrogen-bond acceptors (Lipinski definition) is 5. The van der Waals surface area contributed by atoms with Crippen LogP contribution in [0.1, 0.15) is 26.3 Å². The number of nitrogens with zero attached hydrogens (tertiary/aromatic N) is 1. The van der Waals surface area contributed by atoms with Gasteiger partial charge in [-0.15, -0.1) is 0 Å². The smallest absolute Gasteiger partial charge is 0.408 e. The molecule has 0 saturated heterocycles. The lowest BCUT2D eigenvalue weighted by Crippen LogP contribution is -2.57. The molecule has 1 rings (SSSR count). The van der Waals surface area contributed by atoms with Gasteiger partial charge in [0.1, 0.15) is 12.6 Å². The lowest BCUT2D eigenvalue weighted by atomic mass is 9.75. The number of nitrogens with one attached hydrogen (secondary N) is 1. The molecule has 26 heavy (non-hydrogen) atoms. The Hall–Kier alpha value is -2.61. The molecule has 1 aromatic carbocycles. The maximum Gasteiger partial charge on any atom is 0.408 e. The van der Waals surface area contributed by atoms with E-state index < -0.39 is 35.3 Å². The summed E-state index contributed by atoms with van der Waals surface area (Å²) in [5, 5.41) is 3.42. The van der Waals surface area contributed by atoms with Crippen molar-refractivity contribution in [1.82, 2.24) is 10.4 Å². The number of hydroxylamine groups is 2. The summed E-state index contributed by atoms with van der Waals surface area (Å²) in [5.74, 6) is -2.25. The molecule has 0 saturated carbocycles. The SMILES string of the molecule is CON(C)C(=O)C(C(NC(=O)OCc1ccccc1)C(N)=O)C(C)(C)C. The molecule has 2 atom stereocenters. The zero-order valence-electron chi connectivity index (χ0n) is 15.8. The molecule has 0 fully saturated rings. The molecule has 8 heteroatoms.